The summed E-state index contributed by atoms with van der Waals surface area (Å²) in [5.74, 6) is 1.35. The summed E-state index contributed by atoms with van der Waals surface area (Å²) in [6, 6.07) is 0. The number of rotatable bonds is 7. The Bertz CT molecular complexity index is 110. The smallest absolute Gasteiger partial charge is 0.0623 e. The zero-order valence-electron chi connectivity index (χ0n) is 9.97. The first kappa shape index (κ1) is 13.0. The molecule has 0 aliphatic carbocycles. The van der Waals surface area contributed by atoms with E-state index in [9.17, 15) is 0 Å². The van der Waals surface area contributed by atoms with Gasteiger partial charge >= 0.3 is 0 Å². The normalized spacial score (nSPS) is 16.2. The van der Waals surface area contributed by atoms with Crippen molar-refractivity contribution in [1.29, 1.82) is 0 Å². The molecule has 0 aromatic heterocycles. The third-order valence-electron chi connectivity index (χ3n) is 2.48. The fraction of sp³-hybridized carbons (Fsp3) is 1.00. The van der Waals surface area contributed by atoms with Gasteiger partial charge < -0.3 is 4.74 Å². The topological polar surface area (TPSA) is 9.23 Å². The van der Waals surface area contributed by atoms with Crippen LogP contribution >= 0.6 is 0 Å². The Labute approximate surface area is 83.9 Å². The Morgan fingerprint density at radius 2 is 1.62 bits per heavy atom. The summed E-state index contributed by atoms with van der Waals surface area (Å²) in [4.78, 5) is 0. The zero-order chi connectivity index (χ0) is 10.3. The summed E-state index contributed by atoms with van der Waals surface area (Å²) in [7, 11) is 0. The molecule has 0 spiro atoms. The third kappa shape index (κ3) is 5.30. The van der Waals surface area contributed by atoms with Crippen LogP contribution in [0, 0.1) is 11.8 Å². The minimum absolute atomic E-state index is 0.458. The molecule has 0 saturated heterocycles. The van der Waals surface area contributed by atoms with Crippen LogP contribution in [-0.4, -0.2) is 12.7 Å². The molecule has 0 saturated carbocycles. The van der Waals surface area contributed by atoms with Crippen LogP contribution in [0.2, 0.25) is 0 Å². The van der Waals surface area contributed by atoms with Gasteiger partial charge in [0.1, 0.15) is 0 Å². The van der Waals surface area contributed by atoms with Gasteiger partial charge in [0.2, 0.25) is 0 Å². The maximum absolute atomic E-state index is 5.87. The summed E-state index contributed by atoms with van der Waals surface area (Å²) in [5.41, 5.74) is 0. The monoisotopic (exact) mass is 186 g/mol. The second kappa shape index (κ2) is 7.37. The second-order valence-corrected chi connectivity index (χ2v) is 4.35. The fourth-order valence-corrected chi connectivity index (χ4v) is 1.89. The average Bonchev–Trinajstić information content (AvgIpc) is 2.05. The first-order valence-electron chi connectivity index (χ1n) is 5.75. The van der Waals surface area contributed by atoms with Crippen molar-refractivity contribution in [2.45, 2.75) is 60.0 Å². The van der Waals surface area contributed by atoms with E-state index in [0.29, 0.717) is 17.9 Å². The second-order valence-electron chi connectivity index (χ2n) is 4.35. The van der Waals surface area contributed by atoms with Crippen LogP contribution in [0.1, 0.15) is 53.9 Å². The molecular formula is C12H26O. The number of hydrogen-bond donors (Lipinski definition) is 0. The summed E-state index contributed by atoms with van der Waals surface area (Å²) in [5, 5.41) is 0. The van der Waals surface area contributed by atoms with E-state index in [1.54, 1.807) is 0 Å². The molecule has 0 aliphatic rings. The molecule has 0 N–H and O–H groups in total. The third-order valence-corrected chi connectivity index (χ3v) is 2.48. The predicted molar refractivity (Wildman–Crippen MR) is 58.9 cm³/mol. The highest BCUT2D eigenvalue weighted by Gasteiger charge is 2.20. The molecule has 0 aromatic carbocycles. The van der Waals surface area contributed by atoms with Gasteiger partial charge in [-0.2, -0.15) is 0 Å². The van der Waals surface area contributed by atoms with Gasteiger partial charge in [-0.1, -0.05) is 41.0 Å². The SMILES string of the molecule is CCCOC(C(C)C)[C@@H](C)CCC. The Hall–Kier alpha value is -0.0400. The van der Waals surface area contributed by atoms with Crippen molar-refractivity contribution in [2.24, 2.45) is 11.8 Å². The van der Waals surface area contributed by atoms with Gasteiger partial charge in [-0.05, 0) is 24.7 Å². The van der Waals surface area contributed by atoms with E-state index in [-0.39, 0.29) is 0 Å². The van der Waals surface area contributed by atoms with Gasteiger partial charge in [-0.15, -0.1) is 0 Å². The number of hydrogen-bond acceptors (Lipinski definition) is 1. The molecule has 1 nitrogen and oxygen atoms in total. The van der Waals surface area contributed by atoms with Gasteiger partial charge in [0.15, 0.2) is 0 Å². The summed E-state index contributed by atoms with van der Waals surface area (Å²) >= 11 is 0. The Balaban J connectivity index is 3.91. The summed E-state index contributed by atoms with van der Waals surface area (Å²) in [6.45, 7) is 12.1. The standard InChI is InChI=1S/C12H26O/c1-6-8-11(5)12(10(3)4)13-9-7-2/h10-12H,6-9H2,1-5H3/t11-,12?/m0/s1. The first-order valence-corrected chi connectivity index (χ1v) is 5.75. The quantitative estimate of drug-likeness (QED) is 0.586. The highest BCUT2D eigenvalue weighted by atomic mass is 16.5. The van der Waals surface area contributed by atoms with Crippen molar-refractivity contribution in [3.8, 4) is 0 Å². The van der Waals surface area contributed by atoms with Gasteiger partial charge in [0, 0.05) is 6.61 Å². The van der Waals surface area contributed by atoms with Crippen LogP contribution in [0.3, 0.4) is 0 Å². The molecule has 0 fully saturated rings. The van der Waals surface area contributed by atoms with Crippen molar-refractivity contribution >= 4 is 0 Å². The van der Waals surface area contributed by atoms with Gasteiger partial charge in [-0.3, -0.25) is 0 Å². The molecule has 2 atom stereocenters. The van der Waals surface area contributed by atoms with E-state index < -0.39 is 0 Å². The van der Waals surface area contributed by atoms with Crippen LogP contribution in [-0.2, 0) is 4.74 Å². The molecule has 80 valence electrons. The predicted octanol–water partition coefficient (Wildman–Crippen LogP) is 3.87. The lowest BCUT2D eigenvalue weighted by Gasteiger charge is -2.27. The Morgan fingerprint density at radius 1 is 1.00 bits per heavy atom. The highest BCUT2D eigenvalue weighted by molar-refractivity contribution is 4.69. The maximum atomic E-state index is 5.87. The molecule has 1 heteroatoms. The maximum Gasteiger partial charge on any atom is 0.0623 e. The summed E-state index contributed by atoms with van der Waals surface area (Å²) in [6.07, 6.45) is 4.13. The Kier molecular flexibility index (Phi) is 7.35. The van der Waals surface area contributed by atoms with E-state index in [4.69, 9.17) is 4.74 Å². The molecule has 1 unspecified atom stereocenters. The van der Waals surface area contributed by atoms with Gasteiger partial charge in [-0.25, -0.2) is 0 Å². The van der Waals surface area contributed by atoms with Crippen LogP contribution in [0.15, 0.2) is 0 Å². The largest absolute Gasteiger partial charge is 0.378 e. The molecule has 0 aromatic rings. The molecule has 0 radical (unpaired) electrons. The van der Waals surface area contributed by atoms with E-state index in [1.165, 1.54) is 12.8 Å². The van der Waals surface area contributed by atoms with Crippen LogP contribution in [0.25, 0.3) is 0 Å². The van der Waals surface area contributed by atoms with Crippen LogP contribution < -0.4 is 0 Å². The zero-order valence-corrected chi connectivity index (χ0v) is 9.97. The molecule has 0 amide bonds. The van der Waals surface area contributed by atoms with E-state index in [0.717, 1.165) is 13.0 Å². The lowest BCUT2D eigenvalue weighted by Crippen LogP contribution is -2.27. The molecule has 0 aliphatic heterocycles. The van der Waals surface area contributed by atoms with Crippen molar-refractivity contribution in [1.82, 2.24) is 0 Å². The lowest BCUT2D eigenvalue weighted by atomic mass is 9.91. The fourth-order valence-electron chi connectivity index (χ4n) is 1.89. The molecule has 13 heavy (non-hydrogen) atoms. The molecule has 0 bridgehead atoms. The lowest BCUT2D eigenvalue weighted by molar-refractivity contribution is -0.0148. The van der Waals surface area contributed by atoms with Crippen molar-refractivity contribution in [3.63, 3.8) is 0 Å². The van der Waals surface area contributed by atoms with Crippen molar-refractivity contribution in [3.05, 3.63) is 0 Å². The highest BCUT2D eigenvalue weighted by Crippen LogP contribution is 2.20. The molecule has 0 rings (SSSR count). The molecular weight excluding hydrogens is 160 g/mol. The first-order chi connectivity index (χ1) is 6.13. The average molecular weight is 186 g/mol. The van der Waals surface area contributed by atoms with Gasteiger partial charge in [0.05, 0.1) is 6.10 Å². The van der Waals surface area contributed by atoms with Gasteiger partial charge in [0.25, 0.3) is 0 Å². The number of ether oxygens (including phenoxy) is 1. The van der Waals surface area contributed by atoms with E-state index >= 15 is 0 Å². The minimum atomic E-state index is 0.458. The molecule has 0 heterocycles. The van der Waals surface area contributed by atoms with Crippen molar-refractivity contribution < 1.29 is 4.74 Å². The Morgan fingerprint density at radius 3 is 2.00 bits per heavy atom. The van der Waals surface area contributed by atoms with Crippen LogP contribution in [0.5, 0.6) is 0 Å². The minimum Gasteiger partial charge on any atom is -0.378 e. The van der Waals surface area contributed by atoms with E-state index in [1.807, 2.05) is 0 Å². The van der Waals surface area contributed by atoms with E-state index in [2.05, 4.69) is 34.6 Å². The van der Waals surface area contributed by atoms with Crippen molar-refractivity contribution in [2.75, 3.05) is 6.61 Å². The summed E-state index contributed by atoms with van der Waals surface area (Å²) < 4.78 is 5.87. The van der Waals surface area contributed by atoms with Crippen LogP contribution in [0.4, 0.5) is 0 Å².